The summed E-state index contributed by atoms with van der Waals surface area (Å²) in [6, 6.07) is 5.75. The molecule has 1 aromatic carbocycles. The number of benzene rings is 1. The van der Waals surface area contributed by atoms with E-state index >= 15 is 0 Å². The zero-order chi connectivity index (χ0) is 15.7. The molecule has 6 heteroatoms. The maximum absolute atomic E-state index is 12.2. The molecule has 1 unspecified atom stereocenters. The van der Waals surface area contributed by atoms with Crippen molar-refractivity contribution >= 4 is 15.7 Å². The lowest BCUT2D eigenvalue weighted by Gasteiger charge is -2.23. The number of fused-ring (bicyclic) bond motifs is 1. The van der Waals surface area contributed by atoms with Crippen LogP contribution in [-0.2, 0) is 27.5 Å². The average molecular weight is 323 g/mol. The van der Waals surface area contributed by atoms with Crippen molar-refractivity contribution in [3.63, 3.8) is 0 Å². The molecule has 1 heterocycles. The van der Waals surface area contributed by atoms with Gasteiger partial charge in [0.25, 0.3) is 5.91 Å². The highest BCUT2D eigenvalue weighted by molar-refractivity contribution is 7.91. The van der Waals surface area contributed by atoms with Gasteiger partial charge in [0.1, 0.15) is 5.75 Å². The van der Waals surface area contributed by atoms with E-state index in [9.17, 15) is 13.2 Å². The number of aryl methyl sites for hydroxylation is 2. The smallest absolute Gasteiger partial charge is 0.260 e. The van der Waals surface area contributed by atoms with Gasteiger partial charge in [0.2, 0.25) is 0 Å². The number of likely N-dealkylation sites (N-methyl/N-ethyl adjacent to an activating group) is 1. The van der Waals surface area contributed by atoms with Crippen molar-refractivity contribution in [3.05, 3.63) is 29.3 Å². The first-order valence-corrected chi connectivity index (χ1v) is 9.47. The van der Waals surface area contributed by atoms with Crippen LogP contribution in [0, 0.1) is 0 Å². The zero-order valence-corrected chi connectivity index (χ0v) is 13.6. The third-order valence-corrected chi connectivity index (χ3v) is 6.33. The minimum absolute atomic E-state index is 0.0498. The van der Waals surface area contributed by atoms with Crippen molar-refractivity contribution < 1.29 is 17.9 Å². The van der Waals surface area contributed by atoms with Crippen LogP contribution in [0.1, 0.15) is 24.0 Å². The Morgan fingerprint density at radius 2 is 2.09 bits per heavy atom. The lowest BCUT2D eigenvalue weighted by Crippen LogP contribution is -2.40. The molecule has 0 radical (unpaired) electrons. The van der Waals surface area contributed by atoms with Crippen LogP contribution in [0.4, 0.5) is 0 Å². The summed E-state index contributed by atoms with van der Waals surface area (Å²) in [5.74, 6) is 0.763. The van der Waals surface area contributed by atoms with Gasteiger partial charge in [-0.2, -0.15) is 0 Å². The van der Waals surface area contributed by atoms with E-state index in [0.29, 0.717) is 12.2 Å². The second-order valence-corrected chi connectivity index (χ2v) is 8.36. The van der Waals surface area contributed by atoms with E-state index in [1.165, 1.54) is 22.4 Å². The van der Waals surface area contributed by atoms with E-state index < -0.39 is 9.84 Å². The molecule has 5 nitrogen and oxygen atoms in total. The van der Waals surface area contributed by atoms with Crippen molar-refractivity contribution in [2.24, 2.45) is 0 Å². The molecule has 1 aliphatic heterocycles. The summed E-state index contributed by atoms with van der Waals surface area (Å²) in [6.07, 6.45) is 3.88. The van der Waals surface area contributed by atoms with E-state index in [0.717, 1.165) is 12.8 Å². The molecule has 2 aliphatic rings. The van der Waals surface area contributed by atoms with Gasteiger partial charge in [-0.05, 0) is 48.9 Å². The monoisotopic (exact) mass is 323 g/mol. The van der Waals surface area contributed by atoms with Gasteiger partial charge in [0.05, 0.1) is 11.5 Å². The van der Waals surface area contributed by atoms with E-state index in [1.54, 1.807) is 7.05 Å². The molecule has 1 saturated heterocycles. The molecular weight excluding hydrogens is 302 g/mol. The zero-order valence-electron chi connectivity index (χ0n) is 12.7. The molecule has 22 heavy (non-hydrogen) atoms. The first-order valence-electron chi connectivity index (χ1n) is 7.65. The highest BCUT2D eigenvalue weighted by Crippen LogP contribution is 2.26. The molecule has 0 spiro atoms. The highest BCUT2D eigenvalue weighted by Gasteiger charge is 2.32. The fourth-order valence-corrected chi connectivity index (χ4v) is 4.94. The number of hydrogen-bond donors (Lipinski definition) is 0. The fourth-order valence-electron chi connectivity index (χ4n) is 3.17. The van der Waals surface area contributed by atoms with Crippen molar-refractivity contribution in [2.75, 3.05) is 25.2 Å². The van der Waals surface area contributed by atoms with Gasteiger partial charge >= 0.3 is 0 Å². The third kappa shape index (κ3) is 3.27. The minimum Gasteiger partial charge on any atom is -0.484 e. The van der Waals surface area contributed by atoms with Crippen molar-refractivity contribution in [1.29, 1.82) is 0 Å². The molecule has 1 aromatic rings. The van der Waals surface area contributed by atoms with Crippen LogP contribution >= 0.6 is 0 Å². The number of hydrogen-bond acceptors (Lipinski definition) is 4. The van der Waals surface area contributed by atoms with Crippen LogP contribution in [-0.4, -0.2) is 50.4 Å². The second-order valence-electron chi connectivity index (χ2n) is 6.13. The quantitative estimate of drug-likeness (QED) is 0.835. The van der Waals surface area contributed by atoms with Gasteiger partial charge < -0.3 is 9.64 Å². The molecule has 0 aromatic heterocycles. The largest absolute Gasteiger partial charge is 0.484 e. The van der Waals surface area contributed by atoms with Crippen LogP contribution in [0.25, 0.3) is 0 Å². The van der Waals surface area contributed by atoms with Gasteiger partial charge in [-0.25, -0.2) is 8.42 Å². The van der Waals surface area contributed by atoms with Crippen LogP contribution < -0.4 is 4.74 Å². The van der Waals surface area contributed by atoms with Gasteiger partial charge in [0.15, 0.2) is 16.4 Å². The normalized spacial score (nSPS) is 22.3. The summed E-state index contributed by atoms with van der Waals surface area (Å²) in [5, 5.41) is 0. The predicted molar refractivity (Wildman–Crippen MR) is 83.8 cm³/mol. The molecule has 0 N–H and O–H groups in total. The number of carbonyl (C=O) groups excluding carboxylic acids is 1. The molecule has 1 fully saturated rings. The Hall–Kier alpha value is -1.56. The lowest BCUT2D eigenvalue weighted by atomic mass is 10.1. The summed E-state index contributed by atoms with van der Waals surface area (Å²) < 4.78 is 28.6. The number of sulfone groups is 1. The van der Waals surface area contributed by atoms with Crippen LogP contribution in [0.5, 0.6) is 5.75 Å². The van der Waals surface area contributed by atoms with Gasteiger partial charge in [-0.1, -0.05) is 6.07 Å². The summed E-state index contributed by atoms with van der Waals surface area (Å²) in [4.78, 5) is 13.7. The average Bonchev–Trinajstić information content (AvgIpc) is 3.09. The SMILES string of the molecule is CN(C(=O)COc1ccc2c(c1)CCC2)C1CCS(=O)(=O)C1. The van der Waals surface area contributed by atoms with Crippen molar-refractivity contribution in [2.45, 2.75) is 31.7 Å². The minimum atomic E-state index is -2.98. The fraction of sp³-hybridized carbons (Fsp3) is 0.562. The van der Waals surface area contributed by atoms with Crippen LogP contribution in [0.3, 0.4) is 0 Å². The number of amides is 1. The summed E-state index contributed by atoms with van der Waals surface area (Å²) in [6.45, 7) is -0.0498. The Morgan fingerprint density at radius 1 is 1.32 bits per heavy atom. The van der Waals surface area contributed by atoms with Crippen LogP contribution in [0.15, 0.2) is 18.2 Å². The first-order chi connectivity index (χ1) is 10.4. The molecule has 1 amide bonds. The number of rotatable bonds is 4. The maximum atomic E-state index is 12.2. The van der Waals surface area contributed by atoms with E-state index in [4.69, 9.17) is 4.74 Å². The molecule has 0 saturated carbocycles. The molecule has 1 aliphatic carbocycles. The molecule has 1 atom stereocenters. The molecule has 3 rings (SSSR count). The molecule has 0 bridgehead atoms. The second kappa shape index (κ2) is 5.91. The highest BCUT2D eigenvalue weighted by atomic mass is 32.2. The summed E-state index contributed by atoms with van der Waals surface area (Å²) in [7, 11) is -1.33. The topological polar surface area (TPSA) is 63.7 Å². The Bertz CT molecular complexity index is 683. The summed E-state index contributed by atoms with van der Waals surface area (Å²) >= 11 is 0. The first kappa shape index (κ1) is 15.3. The molecular formula is C16H21NO4S. The number of ether oxygens (including phenoxy) is 1. The molecule has 120 valence electrons. The van der Waals surface area contributed by atoms with E-state index in [1.807, 2.05) is 12.1 Å². The van der Waals surface area contributed by atoms with Crippen LogP contribution in [0.2, 0.25) is 0 Å². The third-order valence-electron chi connectivity index (χ3n) is 4.58. The van der Waals surface area contributed by atoms with Gasteiger partial charge in [0, 0.05) is 13.1 Å². The lowest BCUT2D eigenvalue weighted by molar-refractivity contribution is -0.133. The van der Waals surface area contributed by atoms with Gasteiger partial charge in [-0.15, -0.1) is 0 Å². The Morgan fingerprint density at radius 3 is 2.82 bits per heavy atom. The van der Waals surface area contributed by atoms with E-state index in [-0.39, 0.29) is 30.1 Å². The van der Waals surface area contributed by atoms with Gasteiger partial charge in [-0.3, -0.25) is 4.79 Å². The van der Waals surface area contributed by atoms with Crippen molar-refractivity contribution in [3.8, 4) is 5.75 Å². The van der Waals surface area contributed by atoms with E-state index in [2.05, 4.69) is 6.07 Å². The maximum Gasteiger partial charge on any atom is 0.260 e. The summed E-state index contributed by atoms with van der Waals surface area (Å²) in [5.41, 5.74) is 2.67. The number of nitrogens with zero attached hydrogens (tertiary/aromatic N) is 1. The Kier molecular flexibility index (Phi) is 4.12. The predicted octanol–water partition coefficient (Wildman–Crippen LogP) is 1.20. The van der Waals surface area contributed by atoms with Crippen molar-refractivity contribution in [1.82, 2.24) is 4.90 Å². The Balaban J connectivity index is 1.56. The Labute approximate surface area is 131 Å². The standard InChI is InChI=1S/C16H21NO4S/c1-17(14-7-8-22(19,20)11-14)16(18)10-21-15-6-5-12-3-2-4-13(12)9-15/h5-6,9,14H,2-4,7-8,10-11H2,1H3. The number of carbonyl (C=O) groups is 1.